The Morgan fingerprint density at radius 3 is 2.76 bits per heavy atom. The highest BCUT2D eigenvalue weighted by atomic mass is 32.2. The number of hydrogen-bond acceptors (Lipinski definition) is 5. The van der Waals surface area contributed by atoms with E-state index in [2.05, 4.69) is 15.5 Å². The second-order valence-electron chi connectivity index (χ2n) is 6.52. The highest BCUT2D eigenvalue weighted by molar-refractivity contribution is 7.99. The number of benzene rings is 1. The first-order valence-electron chi connectivity index (χ1n) is 9.09. The molecule has 1 aliphatic rings. The van der Waals surface area contributed by atoms with Gasteiger partial charge in [0.05, 0.1) is 5.75 Å². The molecule has 1 fully saturated rings. The predicted octanol–water partition coefficient (Wildman–Crippen LogP) is 4.31. The number of rotatable bonds is 8. The Balaban J connectivity index is 1.33. The number of nitrogens with one attached hydrogen (secondary N) is 1. The number of aromatic nitrogens is 2. The molecule has 1 N–H and O–H groups in total. The normalized spacial score (nSPS) is 15.2. The van der Waals surface area contributed by atoms with E-state index < -0.39 is 0 Å². The van der Waals surface area contributed by atoms with Crippen LogP contribution in [0.2, 0.25) is 0 Å². The van der Waals surface area contributed by atoms with Crippen LogP contribution < -0.4 is 5.32 Å². The molecule has 3 rings (SSSR count). The van der Waals surface area contributed by atoms with E-state index in [0.717, 1.165) is 24.4 Å². The van der Waals surface area contributed by atoms with Crippen molar-refractivity contribution in [3.63, 3.8) is 0 Å². The van der Waals surface area contributed by atoms with E-state index in [1.54, 1.807) is 0 Å². The fourth-order valence-corrected chi connectivity index (χ4v) is 3.83. The van der Waals surface area contributed by atoms with Crippen molar-refractivity contribution in [2.24, 2.45) is 5.92 Å². The zero-order valence-corrected chi connectivity index (χ0v) is 15.3. The Kier molecular flexibility index (Phi) is 6.91. The van der Waals surface area contributed by atoms with Crippen molar-refractivity contribution in [3.8, 4) is 11.5 Å². The summed E-state index contributed by atoms with van der Waals surface area (Å²) >= 11 is 1.28. The maximum absolute atomic E-state index is 11.9. The van der Waals surface area contributed by atoms with Gasteiger partial charge in [-0.15, -0.1) is 10.2 Å². The molecule has 1 aromatic carbocycles. The number of carbonyl (C=O) groups excluding carboxylic acids is 1. The topological polar surface area (TPSA) is 68.0 Å². The van der Waals surface area contributed by atoms with Crippen LogP contribution in [0.5, 0.6) is 0 Å². The molecule has 0 spiro atoms. The quantitative estimate of drug-likeness (QED) is 0.562. The number of thioether (sulfide) groups is 1. The van der Waals surface area contributed by atoms with Gasteiger partial charge in [-0.2, -0.15) is 0 Å². The molecule has 0 bridgehead atoms. The van der Waals surface area contributed by atoms with Gasteiger partial charge in [-0.1, -0.05) is 62.1 Å². The monoisotopic (exact) mass is 359 g/mol. The number of hydrogen-bond donors (Lipinski definition) is 1. The average molecular weight is 359 g/mol. The van der Waals surface area contributed by atoms with Gasteiger partial charge in [0.2, 0.25) is 11.8 Å². The summed E-state index contributed by atoms with van der Waals surface area (Å²) < 4.78 is 5.59. The van der Waals surface area contributed by atoms with Crippen LogP contribution in [0.3, 0.4) is 0 Å². The Morgan fingerprint density at radius 1 is 1.16 bits per heavy atom. The average Bonchev–Trinajstić information content (AvgIpc) is 3.14. The minimum Gasteiger partial charge on any atom is -0.411 e. The SMILES string of the molecule is O=C(CSc1nnc(-c2ccccc2)o1)NCCCC1CCCCC1. The lowest BCUT2D eigenvalue weighted by molar-refractivity contribution is -0.118. The number of nitrogens with zero attached hydrogens (tertiary/aromatic N) is 2. The van der Waals surface area contributed by atoms with Gasteiger partial charge >= 0.3 is 0 Å². The van der Waals surface area contributed by atoms with Crippen LogP contribution in [0.4, 0.5) is 0 Å². The molecule has 0 saturated heterocycles. The molecule has 5 nitrogen and oxygen atoms in total. The molecule has 25 heavy (non-hydrogen) atoms. The summed E-state index contributed by atoms with van der Waals surface area (Å²) in [6.45, 7) is 0.759. The standard InChI is InChI=1S/C19H25N3O2S/c23-17(20-13-7-10-15-8-3-1-4-9-15)14-25-19-22-21-18(24-19)16-11-5-2-6-12-16/h2,5-6,11-12,15H,1,3-4,7-10,13-14H2,(H,20,23). The molecule has 1 saturated carbocycles. The van der Waals surface area contributed by atoms with E-state index in [1.807, 2.05) is 30.3 Å². The maximum atomic E-state index is 11.9. The third-order valence-electron chi connectivity index (χ3n) is 4.59. The lowest BCUT2D eigenvalue weighted by atomic mass is 9.86. The molecule has 1 aliphatic carbocycles. The summed E-state index contributed by atoms with van der Waals surface area (Å²) in [7, 11) is 0. The molecule has 0 radical (unpaired) electrons. The molecule has 134 valence electrons. The van der Waals surface area contributed by atoms with Crippen LogP contribution in [-0.2, 0) is 4.79 Å². The van der Waals surface area contributed by atoms with Crippen molar-refractivity contribution < 1.29 is 9.21 Å². The molecule has 0 unspecified atom stereocenters. The van der Waals surface area contributed by atoms with E-state index in [-0.39, 0.29) is 5.91 Å². The van der Waals surface area contributed by atoms with Crippen molar-refractivity contribution >= 4 is 17.7 Å². The molecule has 6 heteroatoms. The van der Waals surface area contributed by atoms with Gasteiger partial charge in [0.15, 0.2) is 0 Å². The first-order chi connectivity index (χ1) is 12.3. The number of carbonyl (C=O) groups is 1. The summed E-state index contributed by atoms with van der Waals surface area (Å²) in [5, 5.41) is 11.4. The largest absolute Gasteiger partial charge is 0.411 e. The maximum Gasteiger partial charge on any atom is 0.277 e. The number of amides is 1. The fourth-order valence-electron chi connectivity index (χ4n) is 3.24. The van der Waals surface area contributed by atoms with Gasteiger partial charge < -0.3 is 9.73 Å². The molecule has 1 aromatic heterocycles. The van der Waals surface area contributed by atoms with Crippen molar-refractivity contribution in [1.82, 2.24) is 15.5 Å². The molecule has 1 heterocycles. The minimum atomic E-state index is 0.0214. The fraction of sp³-hybridized carbons (Fsp3) is 0.526. The highest BCUT2D eigenvalue weighted by Crippen LogP contribution is 2.27. The lowest BCUT2D eigenvalue weighted by Gasteiger charge is -2.21. The molecule has 2 aromatic rings. The summed E-state index contributed by atoms with van der Waals surface area (Å²) in [6, 6.07) is 9.62. The van der Waals surface area contributed by atoms with E-state index in [0.29, 0.717) is 16.9 Å². The van der Waals surface area contributed by atoms with Crippen molar-refractivity contribution in [2.75, 3.05) is 12.3 Å². The Labute approximate surface area is 153 Å². The van der Waals surface area contributed by atoms with Crippen LogP contribution in [0.1, 0.15) is 44.9 Å². The van der Waals surface area contributed by atoms with E-state index in [4.69, 9.17) is 4.42 Å². The summed E-state index contributed by atoms with van der Waals surface area (Å²) in [6.07, 6.45) is 9.18. The molecule has 1 amide bonds. The smallest absolute Gasteiger partial charge is 0.277 e. The van der Waals surface area contributed by atoms with Crippen LogP contribution in [0, 0.1) is 5.92 Å². The third kappa shape index (κ3) is 5.88. The second kappa shape index (κ2) is 9.61. The first-order valence-corrected chi connectivity index (χ1v) is 10.1. The Morgan fingerprint density at radius 2 is 1.96 bits per heavy atom. The zero-order chi connectivity index (χ0) is 17.3. The van der Waals surface area contributed by atoms with Gasteiger partial charge in [-0.3, -0.25) is 4.79 Å². The summed E-state index contributed by atoms with van der Waals surface area (Å²) in [5.74, 6) is 1.68. The van der Waals surface area contributed by atoms with E-state index in [9.17, 15) is 4.79 Å². The van der Waals surface area contributed by atoms with Crippen LogP contribution >= 0.6 is 11.8 Å². The van der Waals surface area contributed by atoms with E-state index >= 15 is 0 Å². The van der Waals surface area contributed by atoms with Crippen molar-refractivity contribution in [1.29, 1.82) is 0 Å². The van der Waals surface area contributed by atoms with Gasteiger partial charge in [-0.25, -0.2) is 0 Å². The van der Waals surface area contributed by atoms with Crippen LogP contribution in [0.25, 0.3) is 11.5 Å². The van der Waals surface area contributed by atoms with Gasteiger partial charge in [0.1, 0.15) is 0 Å². The van der Waals surface area contributed by atoms with Gasteiger partial charge in [-0.05, 0) is 30.9 Å². The second-order valence-corrected chi connectivity index (χ2v) is 7.45. The molecular formula is C19H25N3O2S. The van der Waals surface area contributed by atoms with Crippen LogP contribution in [-0.4, -0.2) is 28.4 Å². The highest BCUT2D eigenvalue weighted by Gasteiger charge is 2.13. The molecule has 0 aliphatic heterocycles. The summed E-state index contributed by atoms with van der Waals surface area (Å²) in [4.78, 5) is 11.9. The minimum absolute atomic E-state index is 0.0214. The lowest BCUT2D eigenvalue weighted by Crippen LogP contribution is -2.26. The Hall–Kier alpha value is -1.82. The van der Waals surface area contributed by atoms with Gasteiger partial charge in [0, 0.05) is 12.1 Å². The van der Waals surface area contributed by atoms with Gasteiger partial charge in [0.25, 0.3) is 5.22 Å². The zero-order valence-electron chi connectivity index (χ0n) is 14.4. The summed E-state index contributed by atoms with van der Waals surface area (Å²) in [5.41, 5.74) is 0.883. The van der Waals surface area contributed by atoms with Crippen LogP contribution in [0.15, 0.2) is 40.0 Å². The molecular weight excluding hydrogens is 334 g/mol. The van der Waals surface area contributed by atoms with Crippen molar-refractivity contribution in [2.45, 2.75) is 50.2 Å². The third-order valence-corrected chi connectivity index (χ3v) is 5.41. The van der Waals surface area contributed by atoms with Crippen molar-refractivity contribution in [3.05, 3.63) is 30.3 Å². The molecule has 0 atom stereocenters. The predicted molar refractivity (Wildman–Crippen MR) is 99.3 cm³/mol. The first kappa shape index (κ1) is 18.0. The van der Waals surface area contributed by atoms with E-state index in [1.165, 1.54) is 50.3 Å². The Bertz CT molecular complexity index is 654.